The fourth-order valence-corrected chi connectivity index (χ4v) is 2.90. The lowest BCUT2D eigenvalue weighted by molar-refractivity contribution is -0.137. The zero-order chi connectivity index (χ0) is 12.3. The molecule has 0 radical (unpaired) electrons. The van der Waals surface area contributed by atoms with E-state index in [-0.39, 0.29) is 5.54 Å². The Labute approximate surface area is 105 Å². The number of piperazine rings is 1. The van der Waals surface area contributed by atoms with Crippen molar-refractivity contribution in [2.24, 2.45) is 5.92 Å². The van der Waals surface area contributed by atoms with Crippen molar-refractivity contribution in [1.82, 2.24) is 10.2 Å². The first-order valence-corrected chi connectivity index (χ1v) is 7.11. The lowest BCUT2D eigenvalue weighted by Gasteiger charge is -2.43. The van der Waals surface area contributed by atoms with Crippen molar-refractivity contribution >= 4 is 5.91 Å². The predicted molar refractivity (Wildman–Crippen MR) is 69.9 cm³/mol. The fourth-order valence-electron chi connectivity index (χ4n) is 2.90. The van der Waals surface area contributed by atoms with Crippen LogP contribution in [0.15, 0.2) is 0 Å². The van der Waals surface area contributed by atoms with E-state index >= 15 is 0 Å². The van der Waals surface area contributed by atoms with Crippen LogP contribution in [-0.4, -0.2) is 36.0 Å². The smallest absolute Gasteiger partial charge is 0.223 e. The molecule has 0 spiro atoms. The minimum absolute atomic E-state index is 0.00813. The second kappa shape index (κ2) is 5.38. The Morgan fingerprint density at radius 3 is 2.76 bits per heavy atom. The Morgan fingerprint density at radius 2 is 2.18 bits per heavy atom. The summed E-state index contributed by atoms with van der Waals surface area (Å²) in [6.07, 6.45) is 7.30. The van der Waals surface area contributed by atoms with E-state index in [1.165, 1.54) is 25.7 Å². The van der Waals surface area contributed by atoms with Gasteiger partial charge in [0.1, 0.15) is 0 Å². The molecule has 0 unspecified atom stereocenters. The van der Waals surface area contributed by atoms with E-state index in [0.717, 1.165) is 38.4 Å². The molecule has 1 aliphatic heterocycles. The molecule has 1 saturated carbocycles. The Balaban J connectivity index is 1.73. The summed E-state index contributed by atoms with van der Waals surface area (Å²) in [7, 11) is 0. The van der Waals surface area contributed by atoms with Crippen molar-refractivity contribution in [3.05, 3.63) is 0 Å². The highest BCUT2D eigenvalue weighted by molar-refractivity contribution is 5.77. The molecule has 3 nitrogen and oxygen atoms in total. The summed E-state index contributed by atoms with van der Waals surface area (Å²) >= 11 is 0. The molecule has 0 bridgehead atoms. The van der Waals surface area contributed by atoms with Crippen molar-refractivity contribution in [3.8, 4) is 0 Å². The Morgan fingerprint density at radius 1 is 1.41 bits per heavy atom. The number of nitrogens with one attached hydrogen (secondary N) is 1. The minimum Gasteiger partial charge on any atom is -0.335 e. The van der Waals surface area contributed by atoms with Crippen LogP contribution >= 0.6 is 0 Å². The van der Waals surface area contributed by atoms with Crippen LogP contribution in [0.4, 0.5) is 0 Å². The number of hydrogen-bond acceptors (Lipinski definition) is 2. The second-order valence-corrected chi connectivity index (χ2v) is 6.22. The molecule has 0 aromatic heterocycles. The van der Waals surface area contributed by atoms with Crippen molar-refractivity contribution in [1.29, 1.82) is 0 Å². The van der Waals surface area contributed by atoms with Crippen LogP contribution in [0.25, 0.3) is 0 Å². The maximum Gasteiger partial charge on any atom is 0.223 e. The molecule has 1 heterocycles. The summed E-state index contributed by atoms with van der Waals surface area (Å²) in [5.41, 5.74) is -0.00813. The molecule has 1 saturated heterocycles. The van der Waals surface area contributed by atoms with E-state index in [0.29, 0.717) is 5.91 Å². The van der Waals surface area contributed by atoms with Gasteiger partial charge in [-0.15, -0.1) is 0 Å². The highest BCUT2D eigenvalue weighted by Gasteiger charge is 2.32. The SMILES string of the molecule is CC1(C)CNCCN1C(=O)CCCC1CCC1. The summed E-state index contributed by atoms with van der Waals surface area (Å²) in [5, 5.41) is 3.36. The third-order valence-electron chi connectivity index (χ3n) is 4.33. The van der Waals surface area contributed by atoms with E-state index in [1.54, 1.807) is 0 Å². The van der Waals surface area contributed by atoms with Crippen molar-refractivity contribution in [2.45, 2.75) is 57.9 Å². The molecule has 98 valence electrons. The Hall–Kier alpha value is -0.570. The highest BCUT2D eigenvalue weighted by Crippen LogP contribution is 2.31. The highest BCUT2D eigenvalue weighted by atomic mass is 16.2. The zero-order valence-electron chi connectivity index (χ0n) is 11.3. The topological polar surface area (TPSA) is 32.3 Å². The quantitative estimate of drug-likeness (QED) is 0.814. The van der Waals surface area contributed by atoms with Crippen molar-refractivity contribution < 1.29 is 4.79 Å². The average Bonchev–Trinajstić information content (AvgIpc) is 2.20. The molecule has 0 aromatic carbocycles. The molecule has 3 heteroatoms. The summed E-state index contributed by atoms with van der Waals surface area (Å²) < 4.78 is 0. The zero-order valence-corrected chi connectivity index (χ0v) is 11.3. The van der Waals surface area contributed by atoms with Gasteiger partial charge in [0, 0.05) is 31.6 Å². The van der Waals surface area contributed by atoms with Crippen LogP contribution in [0.1, 0.15) is 52.4 Å². The molecule has 0 aromatic rings. The molecule has 17 heavy (non-hydrogen) atoms. The maximum atomic E-state index is 12.2. The van der Waals surface area contributed by atoms with Gasteiger partial charge < -0.3 is 10.2 Å². The first kappa shape index (κ1) is 12.9. The van der Waals surface area contributed by atoms with Crippen LogP contribution in [-0.2, 0) is 4.79 Å². The van der Waals surface area contributed by atoms with Crippen LogP contribution in [0.2, 0.25) is 0 Å². The van der Waals surface area contributed by atoms with Gasteiger partial charge in [-0.05, 0) is 32.6 Å². The number of amides is 1. The minimum atomic E-state index is -0.00813. The van der Waals surface area contributed by atoms with Gasteiger partial charge >= 0.3 is 0 Å². The van der Waals surface area contributed by atoms with Gasteiger partial charge in [0.05, 0.1) is 0 Å². The standard InChI is InChI=1S/C14H26N2O/c1-14(2)11-15-9-10-16(14)13(17)8-4-7-12-5-3-6-12/h12,15H,3-11H2,1-2H3. The second-order valence-electron chi connectivity index (χ2n) is 6.22. The van der Waals surface area contributed by atoms with Gasteiger partial charge in [0.15, 0.2) is 0 Å². The first-order chi connectivity index (χ1) is 8.09. The molecule has 0 atom stereocenters. The summed E-state index contributed by atoms with van der Waals surface area (Å²) in [6, 6.07) is 0. The maximum absolute atomic E-state index is 12.2. The van der Waals surface area contributed by atoms with Crippen LogP contribution < -0.4 is 5.32 Å². The van der Waals surface area contributed by atoms with E-state index in [1.807, 2.05) is 0 Å². The number of hydrogen-bond donors (Lipinski definition) is 1. The third-order valence-corrected chi connectivity index (χ3v) is 4.33. The molecule has 2 fully saturated rings. The molecule has 1 amide bonds. The lowest BCUT2D eigenvalue weighted by atomic mass is 9.82. The number of carbonyl (C=O) groups is 1. The van der Waals surface area contributed by atoms with Gasteiger partial charge in [-0.1, -0.05) is 19.3 Å². The largest absolute Gasteiger partial charge is 0.335 e. The Kier molecular flexibility index (Phi) is 4.08. The number of carbonyl (C=O) groups excluding carboxylic acids is 1. The van der Waals surface area contributed by atoms with Gasteiger partial charge in [-0.3, -0.25) is 4.79 Å². The summed E-state index contributed by atoms with van der Waals surface area (Å²) in [5.74, 6) is 1.29. The predicted octanol–water partition coefficient (Wildman–Crippen LogP) is 2.17. The fraction of sp³-hybridized carbons (Fsp3) is 0.929. The number of rotatable bonds is 4. The van der Waals surface area contributed by atoms with Crippen molar-refractivity contribution in [3.63, 3.8) is 0 Å². The number of nitrogens with zero attached hydrogens (tertiary/aromatic N) is 1. The monoisotopic (exact) mass is 238 g/mol. The first-order valence-electron chi connectivity index (χ1n) is 7.11. The summed E-state index contributed by atoms with van der Waals surface area (Å²) in [6.45, 7) is 7.04. The Bertz CT molecular complexity index is 271. The van der Waals surface area contributed by atoms with E-state index in [2.05, 4.69) is 24.1 Å². The van der Waals surface area contributed by atoms with Gasteiger partial charge in [-0.25, -0.2) is 0 Å². The molecule has 2 rings (SSSR count). The normalized spacial score (nSPS) is 24.5. The molecule has 1 N–H and O–H groups in total. The average molecular weight is 238 g/mol. The van der Waals surface area contributed by atoms with Crippen LogP contribution in [0.5, 0.6) is 0 Å². The van der Waals surface area contributed by atoms with E-state index in [4.69, 9.17) is 0 Å². The van der Waals surface area contributed by atoms with Crippen LogP contribution in [0, 0.1) is 5.92 Å². The molecule has 2 aliphatic rings. The van der Waals surface area contributed by atoms with Gasteiger partial charge in [0.25, 0.3) is 0 Å². The van der Waals surface area contributed by atoms with Crippen molar-refractivity contribution in [2.75, 3.05) is 19.6 Å². The van der Waals surface area contributed by atoms with Gasteiger partial charge in [0.2, 0.25) is 5.91 Å². The molecular formula is C14H26N2O. The van der Waals surface area contributed by atoms with Gasteiger partial charge in [-0.2, -0.15) is 0 Å². The molecular weight excluding hydrogens is 212 g/mol. The molecule has 1 aliphatic carbocycles. The summed E-state index contributed by atoms with van der Waals surface area (Å²) in [4.78, 5) is 14.3. The third kappa shape index (κ3) is 3.21. The lowest BCUT2D eigenvalue weighted by Crippen LogP contribution is -2.59. The van der Waals surface area contributed by atoms with E-state index < -0.39 is 0 Å². The van der Waals surface area contributed by atoms with E-state index in [9.17, 15) is 4.79 Å². The van der Waals surface area contributed by atoms with Crippen LogP contribution in [0.3, 0.4) is 0 Å².